The molecule has 0 unspecified atom stereocenters. The van der Waals surface area contributed by atoms with E-state index in [1.807, 2.05) is 25.1 Å². The highest BCUT2D eigenvalue weighted by atomic mass is 32.2. The number of nitrogens with one attached hydrogen (secondary N) is 2. The Labute approximate surface area is 196 Å². The van der Waals surface area contributed by atoms with Gasteiger partial charge in [-0.2, -0.15) is 0 Å². The van der Waals surface area contributed by atoms with Gasteiger partial charge in [0.15, 0.2) is 0 Å². The first-order valence-electron chi connectivity index (χ1n) is 10.6. The maximum atomic E-state index is 13.1. The molecule has 1 amide bonds. The summed E-state index contributed by atoms with van der Waals surface area (Å²) in [6.07, 6.45) is 2.35. The highest BCUT2D eigenvalue weighted by Gasteiger charge is 2.15. The summed E-state index contributed by atoms with van der Waals surface area (Å²) in [7, 11) is 0. The summed E-state index contributed by atoms with van der Waals surface area (Å²) in [4.78, 5) is 37.8. The molecule has 33 heavy (non-hydrogen) atoms. The van der Waals surface area contributed by atoms with Crippen LogP contribution in [0.2, 0.25) is 0 Å². The number of nitrogens with zero attached hydrogens (tertiary/aromatic N) is 2. The van der Waals surface area contributed by atoms with E-state index in [0.717, 1.165) is 10.5 Å². The Hall–Kier alpha value is -3.71. The van der Waals surface area contributed by atoms with Crippen LogP contribution in [0.5, 0.6) is 0 Å². The summed E-state index contributed by atoms with van der Waals surface area (Å²) >= 11 is 1.46. The lowest BCUT2D eigenvalue weighted by atomic mass is 10.1. The molecule has 0 spiro atoms. The van der Waals surface area contributed by atoms with Crippen LogP contribution in [-0.2, 0) is 6.42 Å². The van der Waals surface area contributed by atoms with E-state index in [9.17, 15) is 9.59 Å². The molecule has 2 N–H and O–H groups in total. The number of H-pyrrole nitrogens is 1. The molecule has 0 fully saturated rings. The van der Waals surface area contributed by atoms with Gasteiger partial charge in [-0.25, -0.2) is 9.97 Å². The molecule has 0 atom stereocenters. The Kier molecular flexibility index (Phi) is 6.70. The summed E-state index contributed by atoms with van der Waals surface area (Å²) in [5.41, 5.74) is 4.74. The van der Waals surface area contributed by atoms with E-state index >= 15 is 0 Å². The van der Waals surface area contributed by atoms with Crippen LogP contribution >= 0.6 is 11.8 Å². The number of pyridine rings is 1. The smallest absolute Gasteiger partial charge is 0.258 e. The topological polar surface area (TPSA) is 87.7 Å². The third-order valence-electron chi connectivity index (χ3n) is 5.26. The van der Waals surface area contributed by atoms with Crippen molar-refractivity contribution >= 4 is 23.4 Å². The predicted molar refractivity (Wildman–Crippen MR) is 132 cm³/mol. The Morgan fingerprint density at radius 3 is 2.67 bits per heavy atom. The van der Waals surface area contributed by atoms with Crippen molar-refractivity contribution in [1.29, 1.82) is 0 Å². The number of hydrogen-bond acceptors (Lipinski definition) is 5. The average Bonchev–Trinajstić information content (AvgIpc) is 2.81. The number of aromatic amines is 1. The fourth-order valence-electron chi connectivity index (χ4n) is 3.30. The monoisotopic (exact) mass is 456 g/mol. The summed E-state index contributed by atoms with van der Waals surface area (Å²) in [6, 6.07) is 18.5. The van der Waals surface area contributed by atoms with Gasteiger partial charge < -0.3 is 10.3 Å². The fraction of sp³-hybridized carbons (Fsp3) is 0.154. The van der Waals surface area contributed by atoms with Crippen molar-refractivity contribution in [3.63, 3.8) is 0 Å². The molecule has 0 saturated carbocycles. The van der Waals surface area contributed by atoms with Gasteiger partial charge in [-0.05, 0) is 67.8 Å². The van der Waals surface area contributed by atoms with Crippen molar-refractivity contribution in [3.05, 3.63) is 99.6 Å². The maximum absolute atomic E-state index is 13.1. The molecule has 4 aromatic rings. The quantitative estimate of drug-likeness (QED) is 0.405. The third-order valence-corrected chi connectivity index (χ3v) is 6.27. The van der Waals surface area contributed by atoms with Crippen molar-refractivity contribution in [2.24, 2.45) is 0 Å². The highest BCUT2D eigenvalue weighted by molar-refractivity contribution is 7.99. The van der Waals surface area contributed by atoms with Crippen molar-refractivity contribution in [2.75, 3.05) is 5.32 Å². The molecule has 2 aromatic heterocycles. The van der Waals surface area contributed by atoms with Gasteiger partial charge in [0, 0.05) is 34.1 Å². The molecule has 166 valence electrons. The third kappa shape index (κ3) is 5.38. The van der Waals surface area contributed by atoms with E-state index < -0.39 is 0 Å². The van der Waals surface area contributed by atoms with Crippen molar-refractivity contribution in [2.45, 2.75) is 37.1 Å². The van der Waals surface area contributed by atoms with Crippen LogP contribution in [0.4, 0.5) is 5.69 Å². The normalized spacial score (nSPS) is 10.8. The first-order valence-corrected chi connectivity index (χ1v) is 11.5. The number of rotatable bonds is 6. The Bertz CT molecular complexity index is 1380. The molecule has 0 radical (unpaired) electrons. The molecule has 4 rings (SSSR count). The van der Waals surface area contributed by atoms with Gasteiger partial charge in [0.05, 0.1) is 5.56 Å². The zero-order valence-corrected chi connectivity index (χ0v) is 19.5. The van der Waals surface area contributed by atoms with Crippen LogP contribution in [-0.4, -0.2) is 20.9 Å². The molecule has 2 aromatic carbocycles. The summed E-state index contributed by atoms with van der Waals surface area (Å²) in [5.74, 6) is 0.221. The van der Waals surface area contributed by atoms with Gasteiger partial charge in [0.1, 0.15) is 10.9 Å². The first-order chi connectivity index (χ1) is 15.9. The molecule has 7 heteroatoms. The van der Waals surface area contributed by atoms with Crippen molar-refractivity contribution in [3.8, 4) is 11.4 Å². The number of carbonyl (C=O) groups excluding carboxylic acids is 1. The number of amides is 1. The Morgan fingerprint density at radius 2 is 1.88 bits per heavy atom. The highest BCUT2D eigenvalue weighted by Crippen LogP contribution is 2.30. The minimum absolute atomic E-state index is 0.199. The standard InChI is InChI=1S/C26H24N4O2S/c1-4-19-15-23(31)30-24(28-19)18-7-5-8-20(14-18)29-25(32)22-9-6-12-27-26(22)33-21-11-10-16(2)17(3)13-21/h5-15H,4H2,1-3H3,(H,29,32)(H,28,30,31). The van der Waals surface area contributed by atoms with Gasteiger partial charge in [-0.1, -0.05) is 36.9 Å². The van der Waals surface area contributed by atoms with Gasteiger partial charge >= 0.3 is 0 Å². The molecule has 0 saturated heterocycles. The minimum atomic E-state index is -0.254. The van der Waals surface area contributed by atoms with E-state index in [4.69, 9.17) is 0 Å². The molecule has 0 aliphatic carbocycles. The maximum Gasteiger partial charge on any atom is 0.258 e. The van der Waals surface area contributed by atoms with Crippen molar-refractivity contribution < 1.29 is 4.79 Å². The molecule has 6 nitrogen and oxygen atoms in total. The second-order valence-electron chi connectivity index (χ2n) is 7.68. The molecule has 0 aliphatic rings. The minimum Gasteiger partial charge on any atom is -0.322 e. The van der Waals surface area contributed by atoms with Crippen LogP contribution in [0.25, 0.3) is 11.4 Å². The van der Waals surface area contributed by atoms with Gasteiger partial charge in [0.25, 0.3) is 11.5 Å². The molecular weight excluding hydrogens is 432 g/mol. The summed E-state index contributed by atoms with van der Waals surface area (Å²) < 4.78 is 0. The molecule has 2 heterocycles. The summed E-state index contributed by atoms with van der Waals surface area (Å²) in [5, 5.41) is 3.58. The van der Waals surface area contributed by atoms with Crippen LogP contribution < -0.4 is 10.9 Å². The van der Waals surface area contributed by atoms with E-state index in [0.29, 0.717) is 34.2 Å². The lowest BCUT2D eigenvalue weighted by Crippen LogP contribution is -2.14. The number of aromatic nitrogens is 3. The SMILES string of the molecule is CCc1cc(=O)[nH]c(-c2cccc(NC(=O)c3cccnc3Sc3ccc(C)c(C)c3)c2)n1. The number of hydrogen-bond donors (Lipinski definition) is 2. The van der Waals surface area contributed by atoms with Gasteiger partial charge in [-0.3, -0.25) is 9.59 Å². The largest absolute Gasteiger partial charge is 0.322 e. The van der Waals surface area contributed by atoms with E-state index in [1.165, 1.54) is 29.0 Å². The van der Waals surface area contributed by atoms with E-state index in [2.05, 4.69) is 46.2 Å². The van der Waals surface area contributed by atoms with E-state index in [-0.39, 0.29) is 11.5 Å². The van der Waals surface area contributed by atoms with Gasteiger partial charge in [-0.15, -0.1) is 0 Å². The lowest BCUT2D eigenvalue weighted by molar-refractivity contribution is 0.102. The Morgan fingerprint density at radius 1 is 1.03 bits per heavy atom. The number of aryl methyl sites for hydroxylation is 3. The molecular formula is C26H24N4O2S. The van der Waals surface area contributed by atoms with Crippen LogP contribution in [0, 0.1) is 13.8 Å². The molecule has 0 bridgehead atoms. The van der Waals surface area contributed by atoms with Crippen LogP contribution in [0.15, 0.2) is 81.6 Å². The van der Waals surface area contributed by atoms with Crippen LogP contribution in [0.3, 0.4) is 0 Å². The second-order valence-corrected chi connectivity index (χ2v) is 8.74. The molecule has 0 aliphatic heterocycles. The predicted octanol–water partition coefficient (Wildman–Crippen LogP) is 5.41. The Balaban J connectivity index is 1.58. The fourth-order valence-corrected chi connectivity index (χ4v) is 4.28. The van der Waals surface area contributed by atoms with Gasteiger partial charge in [0.2, 0.25) is 0 Å². The zero-order valence-electron chi connectivity index (χ0n) is 18.7. The average molecular weight is 457 g/mol. The summed E-state index contributed by atoms with van der Waals surface area (Å²) in [6.45, 7) is 6.08. The van der Waals surface area contributed by atoms with Crippen molar-refractivity contribution in [1.82, 2.24) is 15.0 Å². The van der Waals surface area contributed by atoms with E-state index in [1.54, 1.807) is 30.5 Å². The lowest BCUT2D eigenvalue weighted by Gasteiger charge is -2.11. The zero-order chi connectivity index (χ0) is 23.4. The number of anilines is 1. The van der Waals surface area contributed by atoms with Crippen LogP contribution in [0.1, 0.15) is 34.1 Å². The number of benzene rings is 2. The second kappa shape index (κ2) is 9.83. The number of carbonyl (C=O) groups is 1. The first kappa shape index (κ1) is 22.5.